The first-order chi connectivity index (χ1) is 11.6. The summed E-state index contributed by atoms with van der Waals surface area (Å²) in [6, 6.07) is 13.9. The molecule has 0 aliphatic rings. The van der Waals surface area contributed by atoms with Gasteiger partial charge in [0.2, 0.25) is 0 Å². The van der Waals surface area contributed by atoms with Crippen molar-refractivity contribution in [3.05, 3.63) is 66.1 Å². The van der Waals surface area contributed by atoms with Gasteiger partial charge < -0.3 is 14.6 Å². The van der Waals surface area contributed by atoms with Crippen LogP contribution in [0, 0.1) is 5.82 Å². The van der Waals surface area contributed by atoms with Crippen molar-refractivity contribution in [1.29, 1.82) is 0 Å². The Morgan fingerprint density at radius 2 is 2.04 bits per heavy atom. The van der Waals surface area contributed by atoms with Crippen molar-refractivity contribution < 1.29 is 13.9 Å². The number of fused-ring (bicyclic) bond motifs is 1. The quantitative estimate of drug-likeness (QED) is 0.755. The second-order valence-electron chi connectivity index (χ2n) is 5.67. The number of aromatic nitrogens is 1. The lowest BCUT2D eigenvalue weighted by Crippen LogP contribution is -2.33. The number of carbonyl (C=O) groups excluding carboxylic acids is 1. The van der Waals surface area contributed by atoms with Crippen LogP contribution in [0.3, 0.4) is 0 Å². The SMILES string of the molecule is CN(CCc1c[nH]c2ccccc12)C(=O)COc1cccc(F)c1. The van der Waals surface area contributed by atoms with Gasteiger partial charge in [0, 0.05) is 36.8 Å². The predicted octanol–water partition coefficient (Wildman–Crippen LogP) is 3.39. The molecule has 0 radical (unpaired) electrons. The van der Waals surface area contributed by atoms with E-state index in [4.69, 9.17) is 4.74 Å². The summed E-state index contributed by atoms with van der Waals surface area (Å²) in [6.45, 7) is 0.487. The van der Waals surface area contributed by atoms with Crippen molar-refractivity contribution in [3.8, 4) is 5.75 Å². The normalized spacial score (nSPS) is 10.8. The first kappa shape index (κ1) is 16.1. The van der Waals surface area contributed by atoms with Gasteiger partial charge in [-0.1, -0.05) is 24.3 Å². The van der Waals surface area contributed by atoms with Crippen molar-refractivity contribution in [1.82, 2.24) is 9.88 Å². The molecule has 1 aromatic heterocycles. The van der Waals surface area contributed by atoms with Crippen molar-refractivity contribution in [2.24, 2.45) is 0 Å². The Kier molecular flexibility index (Phi) is 4.79. The fraction of sp³-hybridized carbons (Fsp3) is 0.211. The molecule has 0 saturated heterocycles. The molecule has 0 aliphatic heterocycles. The first-order valence-electron chi connectivity index (χ1n) is 7.81. The van der Waals surface area contributed by atoms with Crippen LogP contribution in [-0.4, -0.2) is 36.0 Å². The number of nitrogens with zero attached hydrogens (tertiary/aromatic N) is 1. The van der Waals surface area contributed by atoms with Crippen molar-refractivity contribution >= 4 is 16.8 Å². The standard InChI is InChI=1S/C19H19FN2O2/c1-22(19(23)13-24-16-6-4-5-15(20)11-16)10-9-14-12-21-18-8-3-2-7-17(14)18/h2-8,11-12,21H,9-10,13H2,1H3. The number of hydrogen-bond donors (Lipinski definition) is 1. The minimum Gasteiger partial charge on any atom is -0.484 e. The summed E-state index contributed by atoms with van der Waals surface area (Å²) in [6.07, 6.45) is 2.73. The molecular formula is C19H19FN2O2. The van der Waals surface area contributed by atoms with Gasteiger partial charge in [-0.25, -0.2) is 4.39 Å². The van der Waals surface area contributed by atoms with Gasteiger partial charge in [-0.2, -0.15) is 0 Å². The number of aromatic amines is 1. The maximum atomic E-state index is 13.1. The van der Waals surface area contributed by atoms with Crippen LogP contribution in [0.15, 0.2) is 54.7 Å². The Morgan fingerprint density at radius 3 is 2.88 bits per heavy atom. The Hall–Kier alpha value is -2.82. The molecule has 4 nitrogen and oxygen atoms in total. The van der Waals surface area contributed by atoms with Crippen LogP contribution in [0.1, 0.15) is 5.56 Å². The van der Waals surface area contributed by atoms with E-state index in [-0.39, 0.29) is 18.3 Å². The van der Waals surface area contributed by atoms with E-state index in [1.165, 1.54) is 23.1 Å². The first-order valence-corrected chi connectivity index (χ1v) is 7.81. The smallest absolute Gasteiger partial charge is 0.260 e. The van der Waals surface area contributed by atoms with Crippen LogP contribution in [0.4, 0.5) is 4.39 Å². The highest BCUT2D eigenvalue weighted by atomic mass is 19.1. The third-order valence-electron chi connectivity index (χ3n) is 3.98. The minimum atomic E-state index is -0.382. The third-order valence-corrected chi connectivity index (χ3v) is 3.98. The highest BCUT2D eigenvalue weighted by molar-refractivity contribution is 5.83. The maximum Gasteiger partial charge on any atom is 0.260 e. The molecule has 1 amide bonds. The van der Waals surface area contributed by atoms with Gasteiger partial charge in [-0.3, -0.25) is 4.79 Å². The second kappa shape index (κ2) is 7.17. The number of para-hydroxylation sites is 1. The number of halogens is 1. The lowest BCUT2D eigenvalue weighted by molar-refractivity contribution is -0.132. The van der Waals surface area contributed by atoms with Gasteiger partial charge in [0.25, 0.3) is 5.91 Å². The van der Waals surface area contributed by atoms with Gasteiger partial charge >= 0.3 is 0 Å². The van der Waals surface area contributed by atoms with Crippen LogP contribution in [0.25, 0.3) is 10.9 Å². The molecule has 0 aliphatic carbocycles. The largest absolute Gasteiger partial charge is 0.484 e. The van der Waals surface area contributed by atoms with Crippen LogP contribution < -0.4 is 4.74 Å². The predicted molar refractivity (Wildman–Crippen MR) is 91.5 cm³/mol. The number of hydrogen-bond acceptors (Lipinski definition) is 2. The molecule has 0 saturated carbocycles. The van der Waals surface area contributed by atoms with E-state index in [0.717, 1.165) is 11.9 Å². The fourth-order valence-electron chi connectivity index (χ4n) is 2.56. The number of rotatable bonds is 6. The molecule has 0 spiro atoms. The molecule has 124 valence electrons. The fourth-order valence-corrected chi connectivity index (χ4v) is 2.56. The van der Waals surface area contributed by atoms with E-state index in [9.17, 15) is 9.18 Å². The van der Waals surface area contributed by atoms with Crippen LogP contribution >= 0.6 is 0 Å². The van der Waals surface area contributed by atoms with E-state index in [2.05, 4.69) is 11.1 Å². The number of benzene rings is 2. The summed E-state index contributed by atoms with van der Waals surface area (Å²) in [5.74, 6) is -0.167. The lowest BCUT2D eigenvalue weighted by Gasteiger charge is -2.17. The zero-order valence-electron chi connectivity index (χ0n) is 13.5. The molecule has 1 N–H and O–H groups in total. The average Bonchev–Trinajstić information content (AvgIpc) is 3.01. The summed E-state index contributed by atoms with van der Waals surface area (Å²) in [5.41, 5.74) is 2.27. The van der Waals surface area contributed by atoms with E-state index in [0.29, 0.717) is 12.3 Å². The van der Waals surface area contributed by atoms with E-state index in [1.54, 1.807) is 24.1 Å². The lowest BCUT2D eigenvalue weighted by atomic mass is 10.1. The number of carbonyl (C=O) groups is 1. The van der Waals surface area contributed by atoms with Gasteiger partial charge in [0.15, 0.2) is 6.61 Å². The minimum absolute atomic E-state index is 0.103. The molecule has 1 heterocycles. The number of ether oxygens (including phenoxy) is 1. The Labute approximate surface area is 139 Å². The number of amides is 1. The second-order valence-corrected chi connectivity index (χ2v) is 5.67. The molecule has 3 rings (SSSR count). The average molecular weight is 326 g/mol. The van der Waals surface area contributed by atoms with Crippen molar-refractivity contribution in [2.45, 2.75) is 6.42 Å². The molecule has 5 heteroatoms. The van der Waals surface area contributed by atoms with Crippen molar-refractivity contribution in [2.75, 3.05) is 20.2 Å². The molecule has 2 aromatic carbocycles. The highest BCUT2D eigenvalue weighted by Gasteiger charge is 2.11. The molecule has 0 atom stereocenters. The monoisotopic (exact) mass is 326 g/mol. The molecule has 24 heavy (non-hydrogen) atoms. The van der Waals surface area contributed by atoms with Gasteiger partial charge in [0.1, 0.15) is 11.6 Å². The Balaban J connectivity index is 1.52. The zero-order chi connectivity index (χ0) is 16.9. The number of likely N-dealkylation sites (N-methyl/N-ethyl adjacent to an activating group) is 1. The Bertz CT molecular complexity index is 844. The highest BCUT2D eigenvalue weighted by Crippen LogP contribution is 2.18. The molecular weight excluding hydrogens is 307 g/mol. The number of H-pyrrole nitrogens is 1. The summed E-state index contributed by atoms with van der Waals surface area (Å²) in [7, 11) is 1.74. The molecule has 0 fully saturated rings. The summed E-state index contributed by atoms with van der Waals surface area (Å²) in [5, 5.41) is 1.18. The summed E-state index contributed by atoms with van der Waals surface area (Å²) < 4.78 is 18.4. The maximum absolute atomic E-state index is 13.1. The van der Waals surface area contributed by atoms with Gasteiger partial charge in [0.05, 0.1) is 0 Å². The topological polar surface area (TPSA) is 45.3 Å². The third kappa shape index (κ3) is 3.74. The molecule has 0 bridgehead atoms. The summed E-state index contributed by atoms with van der Waals surface area (Å²) in [4.78, 5) is 17.0. The van der Waals surface area contributed by atoms with Gasteiger partial charge in [-0.15, -0.1) is 0 Å². The van der Waals surface area contributed by atoms with Crippen LogP contribution in [0.5, 0.6) is 5.75 Å². The van der Waals surface area contributed by atoms with E-state index >= 15 is 0 Å². The van der Waals surface area contributed by atoms with E-state index in [1.807, 2.05) is 24.4 Å². The number of nitrogens with one attached hydrogen (secondary N) is 1. The van der Waals surface area contributed by atoms with Crippen LogP contribution in [-0.2, 0) is 11.2 Å². The Morgan fingerprint density at radius 1 is 1.21 bits per heavy atom. The zero-order valence-corrected chi connectivity index (χ0v) is 13.5. The summed E-state index contributed by atoms with van der Waals surface area (Å²) >= 11 is 0. The van der Waals surface area contributed by atoms with Gasteiger partial charge in [-0.05, 0) is 30.2 Å². The van der Waals surface area contributed by atoms with Crippen LogP contribution in [0.2, 0.25) is 0 Å². The molecule has 0 unspecified atom stereocenters. The van der Waals surface area contributed by atoms with Crippen molar-refractivity contribution in [3.63, 3.8) is 0 Å². The molecule has 3 aromatic rings. The van der Waals surface area contributed by atoms with E-state index < -0.39 is 0 Å².